The molecule has 0 aromatic rings. The summed E-state index contributed by atoms with van der Waals surface area (Å²) >= 11 is 0. The summed E-state index contributed by atoms with van der Waals surface area (Å²) in [4.78, 5) is 11.9. The number of hydrogen-bond acceptors (Lipinski definition) is 1. The molecule has 0 aliphatic heterocycles. The van der Waals surface area contributed by atoms with Crippen molar-refractivity contribution in [1.29, 1.82) is 0 Å². The van der Waals surface area contributed by atoms with Gasteiger partial charge in [0.15, 0.2) is 0 Å². The molecule has 3 aliphatic rings. The molecular weight excluding hydrogens is 272 g/mol. The van der Waals surface area contributed by atoms with E-state index in [0.717, 1.165) is 32.1 Å². The number of rotatable bonds is 2. The Bertz CT molecular complexity index is 542. The second-order valence-electron chi connectivity index (χ2n) is 8.54. The van der Waals surface area contributed by atoms with E-state index in [1.165, 1.54) is 12.0 Å². The minimum atomic E-state index is -0.579. The lowest BCUT2D eigenvalue weighted by atomic mass is 9.46. The van der Waals surface area contributed by atoms with Crippen LogP contribution in [0.25, 0.3) is 0 Å². The Morgan fingerprint density at radius 2 is 2.05 bits per heavy atom. The molecular formula is C20H30O2. The fraction of sp³-hybridized carbons (Fsp3) is 0.750. The molecule has 4 atom stereocenters. The molecule has 0 unspecified atom stereocenters. The van der Waals surface area contributed by atoms with Gasteiger partial charge in [-0.15, -0.1) is 0 Å². The standard InChI is InChI=1S/C20H30O2/c1-13(2)14-6-8-16-15(12-14)7-9-17-19(16,3)10-5-11-20(17,4)18(21)22/h6,12-13,16-17H,5,7-11H2,1-4H3,(H,21,22)/t16-,17-,19+,20+/m0/s1. The normalized spacial score (nSPS) is 41.3. The summed E-state index contributed by atoms with van der Waals surface area (Å²) in [7, 11) is 0. The maximum Gasteiger partial charge on any atom is 0.309 e. The zero-order chi connectivity index (χ0) is 16.1. The second kappa shape index (κ2) is 5.25. The molecule has 0 bridgehead atoms. The highest BCUT2D eigenvalue weighted by molar-refractivity contribution is 5.75. The quantitative estimate of drug-likeness (QED) is 0.760. The largest absolute Gasteiger partial charge is 0.481 e. The molecule has 2 nitrogen and oxygen atoms in total. The summed E-state index contributed by atoms with van der Waals surface area (Å²) in [5, 5.41) is 9.84. The van der Waals surface area contributed by atoms with Crippen molar-refractivity contribution in [2.24, 2.45) is 28.6 Å². The molecule has 0 radical (unpaired) electrons. The van der Waals surface area contributed by atoms with Crippen LogP contribution in [-0.2, 0) is 4.79 Å². The Morgan fingerprint density at radius 1 is 1.32 bits per heavy atom. The Labute approximate surface area is 134 Å². The summed E-state index contributed by atoms with van der Waals surface area (Å²) in [6.45, 7) is 8.91. The number of carbonyl (C=O) groups is 1. The highest BCUT2D eigenvalue weighted by atomic mass is 16.4. The van der Waals surface area contributed by atoms with Gasteiger partial charge in [-0.1, -0.05) is 44.9 Å². The van der Waals surface area contributed by atoms with Crippen LogP contribution >= 0.6 is 0 Å². The molecule has 3 aliphatic carbocycles. The molecule has 1 N–H and O–H groups in total. The average Bonchev–Trinajstić information content (AvgIpc) is 2.46. The Kier molecular flexibility index (Phi) is 3.78. The Morgan fingerprint density at radius 3 is 2.68 bits per heavy atom. The number of allylic oxidation sites excluding steroid dienone is 4. The van der Waals surface area contributed by atoms with Crippen molar-refractivity contribution >= 4 is 5.97 Å². The minimum Gasteiger partial charge on any atom is -0.481 e. The number of carboxylic acid groups (broad SMARTS) is 1. The van der Waals surface area contributed by atoms with Crippen LogP contribution < -0.4 is 0 Å². The van der Waals surface area contributed by atoms with Gasteiger partial charge in [0.2, 0.25) is 0 Å². The van der Waals surface area contributed by atoms with Crippen molar-refractivity contribution in [1.82, 2.24) is 0 Å². The van der Waals surface area contributed by atoms with Crippen molar-refractivity contribution in [2.45, 2.75) is 66.2 Å². The fourth-order valence-electron chi connectivity index (χ4n) is 5.67. The molecule has 0 saturated heterocycles. The lowest BCUT2D eigenvalue weighted by molar-refractivity contribution is -0.164. The molecule has 122 valence electrons. The SMILES string of the molecule is CC(C)C1=CC[C@H]2C(=C1)CC[C@H]1[C@]2(C)CCC[C@@]1(C)C(=O)O. The van der Waals surface area contributed by atoms with Gasteiger partial charge in [-0.3, -0.25) is 4.79 Å². The van der Waals surface area contributed by atoms with Gasteiger partial charge in [0.05, 0.1) is 5.41 Å². The van der Waals surface area contributed by atoms with E-state index >= 15 is 0 Å². The van der Waals surface area contributed by atoms with Crippen molar-refractivity contribution in [3.8, 4) is 0 Å². The van der Waals surface area contributed by atoms with Gasteiger partial charge >= 0.3 is 5.97 Å². The molecule has 0 aromatic carbocycles. The number of hydrogen-bond donors (Lipinski definition) is 1. The maximum atomic E-state index is 11.9. The molecule has 0 heterocycles. The first-order chi connectivity index (χ1) is 10.3. The summed E-state index contributed by atoms with van der Waals surface area (Å²) in [5.41, 5.74) is 2.71. The summed E-state index contributed by atoms with van der Waals surface area (Å²) in [6, 6.07) is 0. The van der Waals surface area contributed by atoms with E-state index in [1.54, 1.807) is 5.57 Å². The van der Waals surface area contributed by atoms with Crippen molar-refractivity contribution in [3.05, 3.63) is 23.3 Å². The van der Waals surface area contributed by atoms with Crippen LogP contribution in [0.5, 0.6) is 0 Å². The summed E-state index contributed by atoms with van der Waals surface area (Å²) in [6.07, 6.45) is 11.2. The van der Waals surface area contributed by atoms with Gasteiger partial charge in [-0.2, -0.15) is 0 Å². The van der Waals surface area contributed by atoms with Crippen LogP contribution in [-0.4, -0.2) is 11.1 Å². The van der Waals surface area contributed by atoms with Crippen LogP contribution in [0.15, 0.2) is 23.3 Å². The monoisotopic (exact) mass is 302 g/mol. The van der Waals surface area contributed by atoms with Crippen LogP contribution in [0.2, 0.25) is 0 Å². The lowest BCUT2D eigenvalue weighted by Crippen LogP contribution is -2.53. The third-order valence-corrected chi connectivity index (χ3v) is 7.04. The van der Waals surface area contributed by atoms with E-state index in [-0.39, 0.29) is 5.41 Å². The second-order valence-corrected chi connectivity index (χ2v) is 8.54. The van der Waals surface area contributed by atoms with E-state index < -0.39 is 11.4 Å². The molecule has 2 fully saturated rings. The highest BCUT2D eigenvalue weighted by Gasteiger charge is 2.57. The highest BCUT2D eigenvalue weighted by Crippen LogP contribution is 2.62. The third-order valence-electron chi connectivity index (χ3n) is 7.04. The number of aliphatic carboxylic acids is 1. The predicted octanol–water partition coefficient (Wildman–Crippen LogP) is 5.21. The first kappa shape index (κ1) is 15.8. The van der Waals surface area contributed by atoms with Gasteiger partial charge in [0.25, 0.3) is 0 Å². The zero-order valence-corrected chi connectivity index (χ0v) is 14.5. The lowest BCUT2D eigenvalue weighted by Gasteiger charge is -2.57. The van der Waals surface area contributed by atoms with E-state index in [1.807, 2.05) is 6.92 Å². The van der Waals surface area contributed by atoms with E-state index in [2.05, 4.69) is 32.9 Å². The topological polar surface area (TPSA) is 37.3 Å². The van der Waals surface area contributed by atoms with Gasteiger partial charge in [-0.25, -0.2) is 0 Å². The van der Waals surface area contributed by atoms with Crippen LogP contribution in [0.4, 0.5) is 0 Å². The predicted molar refractivity (Wildman–Crippen MR) is 89.5 cm³/mol. The third kappa shape index (κ3) is 2.18. The number of fused-ring (bicyclic) bond motifs is 3. The van der Waals surface area contributed by atoms with Gasteiger partial charge in [0.1, 0.15) is 0 Å². The van der Waals surface area contributed by atoms with E-state index in [9.17, 15) is 9.90 Å². The molecule has 2 saturated carbocycles. The maximum absolute atomic E-state index is 11.9. The average molecular weight is 302 g/mol. The fourth-order valence-corrected chi connectivity index (χ4v) is 5.67. The summed E-state index contributed by atoms with van der Waals surface area (Å²) in [5.74, 6) is 0.898. The van der Waals surface area contributed by atoms with Crippen molar-refractivity contribution in [3.63, 3.8) is 0 Å². The molecule has 0 spiro atoms. The van der Waals surface area contributed by atoms with Crippen LogP contribution in [0.3, 0.4) is 0 Å². The van der Waals surface area contributed by atoms with Gasteiger partial charge < -0.3 is 5.11 Å². The molecule has 2 heteroatoms. The van der Waals surface area contributed by atoms with Crippen molar-refractivity contribution < 1.29 is 9.90 Å². The molecule has 0 amide bonds. The molecule has 0 aromatic heterocycles. The van der Waals surface area contributed by atoms with Crippen LogP contribution in [0, 0.1) is 28.6 Å². The van der Waals surface area contributed by atoms with E-state index in [0.29, 0.717) is 17.8 Å². The molecule has 3 rings (SSSR count). The summed E-state index contributed by atoms with van der Waals surface area (Å²) < 4.78 is 0. The Hall–Kier alpha value is -1.05. The smallest absolute Gasteiger partial charge is 0.309 e. The zero-order valence-electron chi connectivity index (χ0n) is 14.5. The number of carboxylic acids is 1. The van der Waals surface area contributed by atoms with Gasteiger partial charge in [-0.05, 0) is 67.8 Å². The molecule has 22 heavy (non-hydrogen) atoms. The Balaban J connectivity index is 1.95. The minimum absolute atomic E-state index is 0.161. The van der Waals surface area contributed by atoms with E-state index in [4.69, 9.17) is 0 Å². The first-order valence-electron chi connectivity index (χ1n) is 8.93. The van der Waals surface area contributed by atoms with Crippen LogP contribution in [0.1, 0.15) is 66.2 Å². The first-order valence-corrected chi connectivity index (χ1v) is 8.93. The van der Waals surface area contributed by atoms with Gasteiger partial charge in [0, 0.05) is 0 Å². The van der Waals surface area contributed by atoms with Crippen molar-refractivity contribution in [2.75, 3.05) is 0 Å².